The molecule has 1 aliphatic rings. The molecular formula is C21H22N2O6. The first-order valence-electron chi connectivity index (χ1n) is 9.29. The molecule has 4 N–H and O–H groups in total. The molecule has 0 aliphatic carbocycles. The van der Waals surface area contributed by atoms with Crippen LogP contribution in [0.25, 0.3) is 22.6 Å². The summed E-state index contributed by atoms with van der Waals surface area (Å²) < 4.78 is 11.1. The average molecular weight is 398 g/mol. The topological polar surface area (TPSA) is 129 Å². The molecule has 29 heavy (non-hydrogen) atoms. The van der Waals surface area contributed by atoms with Crippen LogP contribution in [0.2, 0.25) is 0 Å². The van der Waals surface area contributed by atoms with Gasteiger partial charge in [0, 0.05) is 12.5 Å². The third-order valence-corrected chi connectivity index (χ3v) is 5.10. The Kier molecular flexibility index (Phi) is 5.44. The lowest BCUT2D eigenvalue weighted by Gasteiger charge is -2.40. The Bertz CT molecular complexity index is 971. The van der Waals surface area contributed by atoms with Gasteiger partial charge in [-0.05, 0) is 34.9 Å². The summed E-state index contributed by atoms with van der Waals surface area (Å²) in [6, 6.07) is 14.9. The molecule has 8 heteroatoms. The molecule has 1 saturated heterocycles. The average Bonchev–Trinajstić information content (AvgIpc) is 3.19. The molecular weight excluding hydrogens is 376 g/mol. The highest BCUT2D eigenvalue weighted by Gasteiger charge is 2.43. The number of hydrogen-bond acceptors (Lipinski definition) is 8. The van der Waals surface area contributed by atoms with Crippen molar-refractivity contribution in [3.05, 3.63) is 60.0 Å². The van der Waals surface area contributed by atoms with Gasteiger partial charge >= 0.3 is 0 Å². The predicted octanol–water partition coefficient (Wildman–Crippen LogP) is 1.23. The van der Waals surface area contributed by atoms with Gasteiger partial charge in [0.15, 0.2) is 0 Å². The third-order valence-electron chi connectivity index (χ3n) is 5.10. The lowest BCUT2D eigenvalue weighted by atomic mass is 9.90. The van der Waals surface area contributed by atoms with Crippen molar-refractivity contribution in [2.75, 3.05) is 6.61 Å². The minimum atomic E-state index is -1.41. The van der Waals surface area contributed by atoms with Crippen LogP contribution in [-0.2, 0) is 4.74 Å². The number of nitrogens with zero attached hydrogens (tertiary/aromatic N) is 2. The summed E-state index contributed by atoms with van der Waals surface area (Å²) in [7, 11) is 0. The molecule has 0 radical (unpaired) electrons. The SMILES string of the molecule is Cc1nnc(-c2ccc(-c3cccc(C4OC(CO)C(O)C(O)C4O)c3)cc2)o1. The van der Waals surface area contributed by atoms with Gasteiger partial charge in [0.05, 0.1) is 6.61 Å². The van der Waals surface area contributed by atoms with Crippen LogP contribution in [0, 0.1) is 6.92 Å². The second-order valence-electron chi connectivity index (χ2n) is 7.08. The van der Waals surface area contributed by atoms with E-state index in [0.29, 0.717) is 17.3 Å². The number of aryl methyl sites for hydroxylation is 1. The first-order valence-corrected chi connectivity index (χ1v) is 9.29. The van der Waals surface area contributed by atoms with Gasteiger partial charge in [-0.2, -0.15) is 0 Å². The summed E-state index contributed by atoms with van der Waals surface area (Å²) in [5.41, 5.74) is 3.25. The van der Waals surface area contributed by atoms with Gasteiger partial charge in [-0.3, -0.25) is 0 Å². The van der Waals surface area contributed by atoms with E-state index in [0.717, 1.165) is 16.7 Å². The lowest BCUT2D eigenvalue weighted by Crippen LogP contribution is -2.55. The molecule has 0 saturated carbocycles. The molecule has 0 bridgehead atoms. The van der Waals surface area contributed by atoms with Crippen LogP contribution in [-0.4, -0.2) is 61.6 Å². The van der Waals surface area contributed by atoms with Crippen molar-refractivity contribution in [1.29, 1.82) is 0 Å². The van der Waals surface area contributed by atoms with Crippen LogP contribution in [0.15, 0.2) is 52.9 Å². The zero-order valence-electron chi connectivity index (χ0n) is 15.7. The van der Waals surface area contributed by atoms with E-state index in [-0.39, 0.29) is 0 Å². The number of aliphatic hydroxyl groups excluding tert-OH is 4. The van der Waals surface area contributed by atoms with E-state index in [1.165, 1.54) is 0 Å². The first-order chi connectivity index (χ1) is 14.0. The van der Waals surface area contributed by atoms with Crippen LogP contribution >= 0.6 is 0 Å². The molecule has 2 heterocycles. The van der Waals surface area contributed by atoms with Crippen molar-refractivity contribution < 1.29 is 29.6 Å². The maximum Gasteiger partial charge on any atom is 0.247 e. The first kappa shape index (κ1) is 19.7. The van der Waals surface area contributed by atoms with E-state index in [1.54, 1.807) is 13.0 Å². The molecule has 3 aromatic rings. The van der Waals surface area contributed by atoms with Crippen LogP contribution in [0.4, 0.5) is 0 Å². The summed E-state index contributed by atoms with van der Waals surface area (Å²) in [4.78, 5) is 0. The minimum absolute atomic E-state index is 0.448. The van der Waals surface area contributed by atoms with Crippen LogP contribution in [0.1, 0.15) is 17.6 Å². The molecule has 0 amide bonds. The van der Waals surface area contributed by atoms with E-state index in [1.807, 2.05) is 42.5 Å². The molecule has 0 spiro atoms. The number of ether oxygens (including phenoxy) is 1. The Hall–Kier alpha value is -2.62. The maximum absolute atomic E-state index is 10.4. The van der Waals surface area contributed by atoms with Gasteiger partial charge in [-0.25, -0.2) is 0 Å². The number of hydrogen-bond donors (Lipinski definition) is 4. The molecule has 5 atom stereocenters. The Morgan fingerprint density at radius 3 is 2.24 bits per heavy atom. The van der Waals surface area contributed by atoms with E-state index < -0.39 is 37.1 Å². The van der Waals surface area contributed by atoms with Crippen molar-refractivity contribution in [3.8, 4) is 22.6 Å². The highest BCUT2D eigenvalue weighted by atomic mass is 16.5. The van der Waals surface area contributed by atoms with Crippen molar-refractivity contribution in [1.82, 2.24) is 10.2 Å². The van der Waals surface area contributed by atoms with Gasteiger partial charge in [-0.15, -0.1) is 10.2 Å². The summed E-state index contributed by atoms with van der Waals surface area (Å²) in [6.07, 6.45) is -5.92. The van der Waals surface area contributed by atoms with Crippen LogP contribution < -0.4 is 0 Å². The minimum Gasteiger partial charge on any atom is -0.421 e. The predicted molar refractivity (Wildman–Crippen MR) is 103 cm³/mol. The second kappa shape index (κ2) is 8.02. The van der Waals surface area contributed by atoms with Gasteiger partial charge in [0.25, 0.3) is 0 Å². The normalized spacial score (nSPS) is 27.1. The standard InChI is InChI=1S/C21H22N2O6/c1-11-22-23-21(28-11)13-7-5-12(6-8-13)14-3-2-4-15(9-14)20-19(27)18(26)17(25)16(10-24)29-20/h2-9,16-20,24-27H,10H2,1H3. The van der Waals surface area contributed by atoms with Gasteiger partial charge in [0.1, 0.15) is 30.5 Å². The number of aromatic nitrogens is 2. The fourth-order valence-electron chi connectivity index (χ4n) is 3.49. The quantitative estimate of drug-likeness (QED) is 0.516. The number of aliphatic hydroxyl groups is 4. The van der Waals surface area contributed by atoms with Crippen molar-refractivity contribution in [2.45, 2.75) is 37.4 Å². The Labute approximate surface area is 167 Å². The third kappa shape index (κ3) is 3.81. The number of rotatable bonds is 4. The Balaban J connectivity index is 1.60. The smallest absolute Gasteiger partial charge is 0.247 e. The maximum atomic E-state index is 10.4. The monoisotopic (exact) mass is 398 g/mol. The van der Waals surface area contributed by atoms with Crippen molar-refractivity contribution in [2.24, 2.45) is 0 Å². The van der Waals surface area contributed by atoms with E-state index in [9.17, 15) is 20.4 Å². The zero-order chi connectivity index (χ0) is 20.5. The summed E-state index contributed by atoms with van der Waals surface area (Å²) >= 11 is 0. The zero-order valence-corrected chi connectivity index (χ0v) is 15.7. The van der Waals surface area contributed by atoms with Crippen molar-refractivity contribution in [3.63, 3.8) is 0 Å². The second-order valence-corrected chi connectivity index (χ2v) is 7.08. The summed E-state index contributed by atoms with van der Waals surface area (Å²) in [5, 5.41) is 47.6. The molecule has 5 unspecified atom stereocenters. The summed E-state index contributed by atoms with van der Waals surface area (Å²) in [6.45, 7) is 1.27. The van der Waals surface area contributed by atoms with E-state index in [2.05, 4.69) is 10.2 Å². The van der Waals surface area contributed by atoms with Gasteiger partial charge in [0.2, 0.25) is 11.8 Å². The molecule has 1 aliphatic heterocycles. The van der Waals surface area contributed by atoms with Crippen LogP contribution in [0.5, 0.6) is 0 Å². The highest BCUT2D eigenvalue weighted by molar-refractivity contribution is 5.68. The molecule has 4 rings (SSSR count). The lowest BCUT2D eigenvalue weighted by molar-refractivity contribution is -0.231. The largest absolute Gasteiger partial charge is 0.421 e. The van der Waals surface area contributed by atoms with Crippen molar-refractivity contribution >= 4 is 0 Å². The Morgan fingerprint density at radius 2 is 1.59 bits per heavy atom. The highest BCUT2D eigenvalue weighted by Crippen LogP contribution is 2.34. The summed E-state index contributed by atoms with van der Waals surface area (Å²) in [5.74, 6) is 0.945. The fourth-order valence-corrected chi connectivity index (χ4v) is 3.49. The molecule has 152 valence electrons. The number of benzene rings is 2. The molecule has 2 aromatic carbocycles. The van der Waals surface area contributed by atoms with Gasteiger partial charge < -0.3 is 29.6 Å². The van der Waals surface area contributed by atoms with Gasteiger partial charge in [-0.1, -0.05) is 30.3 Å². The van der Waals surface area contributed by atoms with E-state index in [4.69, 9.17) is 9.15 Å². The van der Waals surface area contributed by atoms with Crippen LogP contribution in [0.3, 0.4) is 0 Å². The fraction of sp³-hybridized carbons (Fsp3) is 0.333. The molecule has 1 fully saturated rings. The Morgan fingerprint density at radius 1 is 0.862 bits per heavy atom. The molecule has 8 nitrogen and oxygen atoms in total. The van der Waals surface area contributed by atoms with E-state index >= 15 is 0 Å². The molecule has 1 aromatic heterocycles.